The van der Waals surface area contributed by atoms with Crippen LogP contribution in [-0.4, -0.2) is 25.3 Å². The fraction of sp³-hybridized carbons (Fsp3) is 0.429. The number of methoxy groups -OCH3 is 1. The zero-order chi connectivity index (χ0) is 12.3. The Labute approximate surface area is 102 Å². The highest BCUT2D eigenvalue weighted by Crippen LogP contribution is 2.23. The van der Waals surface area contributed by atoms with E-state index in [-0.39, 0.29) is 0 Å². The van der Waals surface area contributed by atoms with Crippen LogP contribution in [0, 0.1) is 0 Å². The number of ether oxygens (including phenoxy) is 1. The van der Waals surface area contributed by atoms with E-state index in [9.17, 15) is 0 Å². The minimum absolute atomic E-state index is 0.357. The molecule has 1 N–H and O–H groups in total. The van der Waals surface area contributed by atoms with Crippen LogP contribution in [0.2, 0.25) is 0 Å². The first-order chi connectivity index (χ1) is 8.27. The maximum absolute atomic E-state index is 5.24. The molecule has 0 aliphatic rings. The maximum atomic E-state index is 5.24. The van der Waals surface area contributed by atoms with Crippen molar-refractivity contribution >= 4 is 10.9 Å². The van der Waals surface area contributed by atoms with Gasteiger partial charge in [0.05, 0.1) is 18.2 Å². The molecule has 1 aromatic heterocycles. The summed E-state index contributed by atoms with van der Waals surface area (Å²) in [5.74, 6) is 0. The standard InChI is InChI=1S/C14H20N2O/c1-11(10-17-3)16-8-7-12-5-4-6-13(9-15-2)14(12)16/h4-8,11,15H,9-10H2,1-3H3. The zero-order valence-corrected chi connectivity index (χ0v) is 10.7. The van der Waals surface area contributed by atoms with Crippen molar-refractivity contribution in [2.75, 3.05) is 20.8 Å². The number of hydrogen-bond acceptors (Lipinski definition) is 2. The van der Waals surface area contributed by atoms with E-state index in [0.717, 1.165) is 13.2 Å². The summed E-state index contributed by atoms with van der Waals surface area (Å²) < 4.78 is 7.54. The quantitative estimate of drug-likeness (QED) is 0.857. The van der Waals surface area contributed by atoms with Crippen LogP contribution in [0.1, 0.15) is 18.5 Å². The van der Waals surface area contributed by atoms with E-state index in [1.54, 1.807) is 7.11 Å². The number of fused-ring (bicyclic) bond motifs is 1. The molecule has 2 aromatic rings. The zero-order valence-electron chi connectivity index (χ0n) is 10.7. The Bertz CT molecular complexity index is 490. The third-order valence-electron chi connectivity index (χ3n) is 3.07. The summed E-state index contributed by atoms with van der Waals surface area (Å²) in [6.45, 7) is 3.80. The largest absolute Gasteiger partial charge is 0.383 e. The molecule has 3 nitrogen and oxygen atoms in total. The molecule has 0 aliphatic carbocycles. The predicted molar refractivity (Wildman–Crippen MR) is 71.3 cm³/mol. The molecule has 0 saturated heterocycles. The van der Waals surface area contributed by atoms with Gasteiger partial charge in [0.1, 0.15) is 0 Å². The highest BCUT2D eigenvalue weighted by Gasteiger charge is 2.10. The van der Waals surface area contributed by atoms with E-state index in [1.807, 2.05) is 7.05 Å². The average Bonchev–Trinajstić information content (AvgIpc) is 2.74. The molecule has 0 radical (unpaired) electrons. The number of nitrogens with zero attached hydrogens (tertiary/aromatic N) is 1. The Morgan fingerprint density at radius 3 is 2.88 bits per heavy atom. The summed E-state index contributed by atoms with van der Waals surface area (Å²) in [4.78, 5) is 0. The third-order valence-corrected chi connectivity index (χ3v) is 3.07. The summed E-state index contributed by atoms with van der Waals surface area (Å²) in [5, 5.41) is 4.51. The number of rotatable bonds is 5. The molecule has 1 unspecified atom stereocenters. The lowest BCUT2D eigenvalue weighted by Crippen LogP contribution is -2.12. The van der Waals surface area contributed by atoms with E-state index >= 15 is 0 Å². The van der Waals surface area contributed by atoms with Gasteiger partial charge in [-0.2, -0.15) is 0 Å². The second-order valence-corrected chi connectivity index (χ2v) is 4.41. The highest BCUT2D eigenvalue weighted by atomic mass is 16.5. The molecule has 0 amide bonds. The Morgan fingerprint density at radius 2 is 2.18 bits per heavy atom. The summed E-state index contributed by atoms with van der Waals surface area (Å²) >= 11 is 0. The van der Waals surface area contributed by atoms with E-state index < -0.39 is 0 Å². The average molecular weight is 232 g/mol. The number of benzene rings is 1. The van der Waals surface area contributed by atoms with Crippen molar-refractivity contribution in [3.05, 3.63) is 36.0 Å². The number of nitrogens with one attached hydrogen (secondary N) is 1. The van der Waals surface area contributed by atoms with Gasteiger partial charge in [-0.05, 0) is 31.0 Å². The monoisotopic (exact) mass is 232 g/mol. The van der Waals surface area contributed by atoms with E-state index in [2.05, 4.69) is 47.3 Å². The van der Waals surface area contributed by atoms with Crippen molar-refractivity contribution < 1.29 is 4.74 Å². The molecule has 92 valence electrons. The molecule has 0 spiro atoms. The smallest absolute Gasteiger partial charge is 0.0667 e. The van der Waals surface area contributed by atoms with Gasteiger partial charge in [-0.1, -0.05) is 18.2 Å². The predicted octanol–water partition coefficient (Wildman–Crippen LogP) is 2.57. The van der Waals surface area contributed by atoms with Crippen LogP contribution < -0.4 is 5.32 Å². The molecule has 3 heteroatoms. The fourth-order valence-electron chi connectivity index (χ4n) is 2.32. The van der Waals surface area contributed by atoms with Gasteiger partial charge < -0.3 is 14.6 Å². The van der Waals surface area contributed by atoms with E-state index in [1.165, 1.54) is 16.5 Å². The van der Waals surface area contributed by atoms with Crippen LogP contribution in [0.5, 0.6) is 0 Å². The first-order valence-corrected chi connectivity index (χ1v) is 6.00. The van der Waals surface area contributed by atoms with Crippen LogP contribution in [0.4, 0.5) is 0 Å². The minimum Gasteiger partial charge on any atom is -0.383 e. The Kier molecular flexibility index (Phi) is 3.82. The summed E-state index contributed by atoms with van der Waals surface area (Å²) in [5.41, 5.74) is 2.64. The van der Waals surface area contributed by atoms with Crippen LogP contribution in [0.25, 0.3) is 10.9 Å². The molecule has 17 heavy (non-hydrogen) atoms. The number of hydrogen-bond donors (Lipinski definition) is 1. The van der Waals surface area contributed by atoms with Gasteiger partial charge in [-0.15, -0.1) is 0 Å². The van der Waals surface area contributed by atoms with Gasteiger partial charge in [0.2, 0.25) is 0 Å². The van der Waals surface area contributed by atoms with Crippen molar-refractivity contribution in [1.82, 2.24) is 9.88 Å². The third kappa shape index (κ3) is 2.35. The fourth-order valence-corrected chi connectivity index (χ4v) is 2.32. The SMILES string of the molecule is CNCc1cccc2ccn(C(C)COC)c12. The Morgan fingerprint density at radius 1 is 1.35 bits per heavy atom. The van der Waals surface area contributed by atoms with E-state index in [4.69, 9.17) is 4.74 Å². The lowest BCUT2D eigenvalue weighted by atomic mass is 10.1. The lowest BCUT2D eigenvalue weighted by Gasteiger charge is -2.16. The summed E-state index contributed by atoms with van der Waals surface area (Å²) in [6, 6.07) is 8.97. The van der Waals surface area contributed by atoms with Crippen LogP contribution in [-0.2, 0) is 11.3 Å². The number of aromatic nitrogens is 1. The molecule has 2 rings (SSSR count). The topological polar surface area (TPSA) is 26.2 Å². The Hall–Kier alpha value is -1.32. The van der Waals surface area contributed by atoms with Gasteiger partial charge >= 0.3 is 0 Å². The first kappa shape index (κ1) is 12.1. The first-order valence-electron chi connectivity index (χ1n) is 6.00. The summed E-state index contributed by atoms with van der Waals surface area (Å²) in [7, 11) is 3.72. The molecule has 1 atom stereocenters. The molecule has 0 saturated carbocycles. The van der Waals surface area contributed by atoms with Crippen molar-refractivity contribution in [3.63, 3.8) is 0 Å². The van der Waals surface area contributed by atoms with Gasteiger partial charge in [0, 0.05) is 19.9 Å². The van der Waals surface area contributed by atoms with Crippen molar-refractivity contribution in [3.8, 4) is 0 Å². The normalized spacial score (nSPS) is 13.1. The Balaban J connectivity index is 2.49. The van der Waals surface area contributed by atoms with Crippen molar-refractivity contribution in [2.24, 2.45) is 0 Å². The van der Waals surface area contributed by atoms with Gasteiger partial charge in [-0.3, -0.25) is 0 Å². The molecule has 1 aromatic carbocycles. The van der Waals surface area contributed by atoms with Gasteiger partial charge in [0.25, 0.3) is 0 Å². The van der Waals surface area contributed by atoms with Crippen molar-refractivity contribution in [1.29, 1.82) is 0 Å². The summed E-state index contributed by atoms with van der Waals surface area (Å²) in [6.07, 6.45) is 2.15. The van der Waals surface area contributed by atoms with Crippen LogP contribution in [0.3, 0.4) is 0 Å². The van der Waals surface area contributed by atoms with Crippen molar-refractivity contribution in [2.45, 2.75) is 19.5 Å². The lowest BCUT2D eigenvalue weighted by molar-refractivity contribution is 0.164. The molecule has 0 bridgehead atoms. The maximum Gasteiger partial charge on any atom is 0.0667 e. The van der Waals surface area contributed by atoms with Gasteiger partial charge in [-0.25, -0.2) is 0 Å². The second-order valence-electron chi connectivity index (χ2n) is 4.41. The highest BCUT2D eigenvalue weighted by molar-refractivity contribution is 5.83. The van der Waals surface area contributed by atoms with Crippen LogP contribution in [0.15, 0.2) is 30.5 Å². The molecular formula is C14H20N2O. The van der Waals surface area contributed by atoms with Crippen LogP contribution >= 0.6 is 0 Å². The minimum atomic E-state index is 0.357. The van der Waals surface area contributed by atoms with E-state index in [0.29, 0.717) is 6.04 Å². The molecule has 0 aliphatic heterocycles. The van der Waals surface area contributed by atoms with Gasteiger partial charge in [0.15, 0.2) is 0 Å². The molecule has 0 fully saturated rings. The molecule has 1 heterocycles. The second kappa shape index (κ2) is 5.34. The number of para-hydroxylation sites is 1. The molecular weight excluding hydrogens is 212 g/mol.